The largest absolute Gasteiger partial charge is 0.346 e. The van der Waals surface area contributed by atoms with Crippen molar-refractivity contribution in [2.75, 3.05) is 0 Å². The number of nitrogens with zero attached hydrogens (tertiary/aromatic N) is 1. The maximum atomic E-state index is 11.9. The minimum Gasteiger partial charge on any atom is -0.346 e. The van der Waals surface area contributed by atoms with Crippen LogP contribution in [0.4, 0.5) is 0 Å². The molecule has 1 aromatic heterocycles. The minimum absolute atomic E-state index is 0.234. The molecule has 0 atom stereocenters. The van der Waals surface area contributed by atoms with Gasteiger partial charge >= 0.3 is 0 Å². The first-order valence-electron chi connectivity index (χ1n) is 5.30. The van der Waals surface area contributed by atoms with E-state index in [1.165, 1.54) is 0 Å². The molecule has 0 saturated heterocycles. The van der Waals surface area contributed by atoms with Gasteiger partial charge in [-0.05, 0) is 24.3 Å². The average molecular weight is 281 g/mol. The Kier molecular flexibility index (Phi) is 4.18. The summed E-state index contributed by atoms with van der Waals surface area (Å²) in [6.45, 7) is 0.310. The van der Waals surface area contributed by atoms with Crippen LogP contribution in [0.2, 0.25) is 10.0 Å². The van der Waals surface area contributed by atoms with Gasteiger partial charge in [0.25, 0.3) is 5.91 Å². The van der Waals surface area contributed by atoms with Gasteiger partial charge in [-0.3, -0.25) is 9.78 Å². The standard InChI is InChI=1S/C13H10Cl2N2O/c14-9-5-6-16-10(7-9)8-17-13(18)11-3-1-2-4-12(11)15/h1-7H,8H2,(H,17,18). The number of amides is 1. The first-order valence-corrected chi connectivity index (χ1v) is 6.05. The Bertz CT molecular complexity index is 572. The average Bonchev–Trinajstić information content (AvgIpc) is 2.37. The molecule has 1 amide bonds. The van der Waals surface area contributed by atoms with Crippen molar-refractivity contribution in [3.63, 3.8) is 0 Å². The number of pyridine rings is 1. The number of carbonyl (C=O) groups excluding carboxylic acids is 1. The van der Waals surface area contributed by atoms with Gasteiger partial charge in [-0.1, -0.05) is 35.3 Å². The third-order valence-electron chi connectivity index (χ3n) is 2.33. The van der Waals surface area contributed by atoms with Crippen molar-refractivity contribution in [1.29, 1.82) is 0 Å². The predicted molar refractivity (Wildman–Crippen MR) is 71.9 cm³/mol. The van der Waals surface area contributed by atoms with Gasteiger partial charge in [-0.15, -0.1) is 0 Å². The zero-order valence-corrected chi connectivity index (χ0v) is 10.9. The molecule has 1 N–H and O–H groups in total. The Morgan fingerprint density at radius 3 is 2.72 bits per heavy atom. The molecular formula is C13H10Cl2N2O. The molecule has 0 aliphatic carbocycles. The second kappa shape index (κ2) is 5.85. The molecule has 1 aromatic carbocycles. The van der Waals surface area contributed by atoms with Crippen molar-refractivity contribution in [1.82, 2.24) is 10.3 Å². The maximum Gasteiger partial charge on any atom is 0.253 e. The van der Waals surface area contributed by atoms with Crippen LogP contribution in [0.25, 0.3) is 0 Å². The van der Waals surface area contributed by atoms with Crippen LogP contribution in [0, 0.1) is 0 Å². The Balaban J connectivity index is 2.03. The number of benzene rings is 1. The SMILES string of the molecule is O=C(NCc1cc(Cl)ccn1)c1ccccc1Cl. The molecule has 0 saturated carbocycles. The summed E-state index contributed by atoms with van der Waals surface area (Å²) in [5.74, 6) is -0.234. The fourth-order valence-electron chi connectivity index (χ4n) is 1.46. The molecule has 0 fully saturated rings. The van der Waals surface area contributed by atoms with Crippen molar-refractivity contribution in [3.05, 3.63) is 63.9 Å². The van der Waals surface area contributed by atoms with Crippen LogP contribution in [0.1, 0.15) is 16.1 Å². The minimum atomic E-state index is -0.234. The van der Waals surface area contributed by atoms with E-state index in [9.17, 15) is 4.79 Å². The van der Waals surface area contributed by atoms with Crippen LogP contribution in [-0.2, 0) is 6.54 Å². The molecule has 0 radical (unpaired) electrons. The van der Waals surface area contributed by atoms with Crippen LogP contribution in [0.15, 0.2) is 42.6 Å². The molecule has 2 rings (SSSR count). The number of nitrogens with one attached hydrogen (secondary N) is 1. The topological polar surface area (TPSA) is 42.0 Å². The number of hydrogen-bond acceptors (Lipinski definition) is 2. The number of aromatic nitrogens is 1. The fraction of sp³-hybridized carbons (Fsp3) is 0.0769. The van der Waals surface area contributed by atoms with Crippen LogP contribution in [0.5, 0.6) is 0 Å². The zero-order chi connectivity index (χ0) is 13.0. The number of halogens is 2. The Labute approximate surface area is 115 Å². The second-order valence-corrected chi connectivity index (χ2v) is 4.47. The lowest BCUT2D eigenvalue weighted by molar-refractivity contribution is 0.0950. The molecule has 2 aromatic rings. The summed E-state index contributed by atoms with van der Waals surface area (Å²) in [5.41, 5.74) is 1.14. The first kappa shape index (κ1) is 12.9. The normalized spacial score (nSPS) is 10.1. The third-order valence-corrected chi connectivity index (χ3v) is 2.89. The highest BCUT2D eigenvalue weighted by molar-refractivity contribution is 6.33. The molecule has 1 heterocycles. The van der Waals surface area contributed by atoms with Gasteiger partial charge < -0.3 is 5.32 Å². The van der Waals surface area contributed by atoms with Crippen LogP contribution in [-0.4, -0.2) is 10.9 Å². The van der Waals surface area contributed by atoms with Gasteiger partial charge in [-0.2, -0.15) is 0 Å². The van der Waals surface area contributed by atoms with Crippen molar-refractivity contribution in [2.24, 2.45) is 0 Å². The van der Waals surface area contributed by atoms with E-state index in [1.54, 1.807) is 42.6 Å². The summed E-state index contributed by atoms with van der Waals surface area (Å²) in [5, 5.41) is 3.75. The van der Waals surface area contributed by atoms with Crippen LogP contribution < -0.4 is 5.32 Å². The lowest BCUT2D eigenvalue weighted by atomic mass is 10.2. The summed E-state index contributed by atoms with van der Waals surface area (Å²) < 4.78 is 0. The number of hydrogen-bond donors (Lipinski definition) is 1. The molecule has 18 heavy (non-hydrogen) atoms. The molecule has 5 heteroatoms. The van der Waals surface area contributed by atoms with E-state index in [0.717, 1.165) is 0 Å². The number of rotatable bonds is 3. The van der Waals surface area contributed by atoms with Crippen LogP contribution in [0.3, 0.4) is 0 Å². The molecule has 0 unspecified atom stereocenters. The van der Waals surface area contributed by atoms with Crippen molar-refractivity contribution in [3.8, 4) is 0 Å². The molecule has 92 valence electrons. The first-order chi connectivity index (χ1) is 8.66. The molecule has 0 aliphatic rings. The van der Waals surface area contributed by atoms with Gasteiger partial charge in [0.05, 0.1) is 22.8 Å². The highest BCUT2D eigenvalue weighted by Crippen LogP contribution is 2.14. The quantitative estimate of drug-likeness (QED) is 0.937. The van der Waals surface area contributed by atoms with E-state index in [2.05, 4.69) is 10.3 Å². The van der Waals surface area contributed by atoms with E-state index >= 15 is 0 Å². The smallest absolute Gasteiger partial charge is 0.253 e. The van der Waals surface area contributed by atoms with Gasteiger partial charge in [0.2, 0.25) is 0 Å². The Hall–Kier alpha value is -1.58. The predicted octanol–water partition coefficient (Wildman–Crippen LogP) is 3.32. The Morgan fingerprint density at radius 2 is 2.00 bits per heavy atom. The highest BCUT2D eigenvalue weighted by Gasteiger charge is 2.09. The Morgan fingerprint density at radius 1 is 1.22 bits per heavy atom. The molecule has 3 nitrogen and oxygen atoms in total. The van der Waals surface area contributed by atoms with Gasteiger partial charge in [0.15, 0.2) is 0 Å². The number of carbonyl (C=O) groups is 1. The van der Waals surface area contributed by atoms with E-state index in [-0.39, 0.29) is 5.91 Å². The van der Waals surface area contributed by atoms with Gasteiger partial charge in [0, 0.05) is 11.2 Å². The zero-order valence-electron chi connectivity index (χ0n) is 9.36. The van der Waals surface area contributed by atoms with E-state index < -0.39 is 0 Å². The van der Waals surface area contributed by atoms with E-state index in [1.807, 2.05) is 0 Å². The second-order valence-electron chi connectivity index (χ2n) is 3.63. The molecule has 0 aliphatic heterocycles. The maximum absolute atomic E-state index is 11.9. The summed E-state index contributed by atoms with van der Waals surface area (Å²) in [6, 6.07) is 10.3. The van der Waals surface area contributed by atoms with E-state index in [4.69, 9.17) is 23.2 Å². The lowest BCUT2D eigenvalue weighted by Gasteiger charge is -2.06. The molecule has 0 bridgehead atoms. The third kappa shape index (κ3) is 3.22. The summed E-state index contributed by atoms with van der Waals surface area (Å²) in [4.78, 5) is 16.0. The lowest BCUT2D eigenvalue weighted by Crippen LogP contribution is -2.23. The van der Waals surface area contributed by atoms with E-state index in [0.29, 0.717) is 27.8 Å². The molecule has 0 spiro atoms. The monoisotopic (exact) mass is 280 g/mol. The summed E-state index contributed by atoms with van der Waals surface area (Å²) in [6.07, 6.45) is 1.60. The summed E-state index contributed by atoms with van der Waals surface area (Å²) >= 11 is 11.8. The van der Waals surface area contributed by atoms with Crippen LogP contribution >= 0.6 is 23.2 Å². The molecular weight excluding hydrogens is 271 g/mol. The van der Waals surface area contributed by atoms with Gasteiger partial charge in [-0.25, -0.2) is 0 Å². The van der Waals surface area contributed by atoms with Crippen molar-refractivity contribution < 1.29 is 4.79 Å². The van der Waals surface area contributed by atoms with Crippen molar-refractivity contribution >= 4 is 29.1 Å². The van der Waals surface area contributed by atoms with Crippen molar-refractivity contribution in [2.45, 2.75) is 6.54 Å². The fourth-order valence-corrected chi connectivity index (χ4v) is 1.86. The summed E-state index contributed by atoms with van der Waals surface area (Å²) in [7, 11) is 0. The highest BCUT2D eigenvalue weighted by atomic mass is 35.5. The van der Waals surface area contributed by atoms with Gasteiger partial charge in [0.1, 0.15) is 0 Å².